The van der Waals surface area contributed by atoms with Crippen LogP contribution in [0, 0.1) is 0 Å². The van der Waals surface area contributed by atoms with Crippen LogP contribution in [0.5, 0.6) is 0 Å². The first-order valence-corrected chi connectivity index (χ1v) is 8.32. The van der Waals surface area contributed by atoms with Crippen LogP contribution < -0.4 is 10.2 Å². The van der Waals surface area contributed by atoms with Crippen LogP contribution in [0.2, 0.25) is 0 Å². The van der Waals surface area contributed by atoms with Gasteiger partial charge >= 0.3 is 0 Å². The Morgan fingerprint density at radius 2 is 2.05 bits per heavy atom. The van der Waals surface area contributed by atoms with Crippen LogP contribution in [0.25, 0.3) is 0 Å². The monoisotopic (exact) mass is 303 g/mol. The highest BCUT2D eigenvalue weighted by atomic mass is 32.1. The van der Waals surface area contributed by atoms with E-state index >= 15 is 0 Å². The highest BCUT2D eigenvalue weighted by Gasteiger charge is 2.16. The molecule has 21 heavy (non-hydrogen) atoms. The van der Waals surface area contributed by atoms with Gasteiger partial charge < -0.3 is 10.2 Å². The zero-order chi connectivity index (χ0) is 15.4. The minimum atomic E-state index is 0.336. The Labute approximate surface area is 132 Å². The van der Waals surface area contributed by atoms with Gasteiger partial charge in [-0.15, -0.1) is 11.3 Å². The smallest absolute Gasteiger partial charge is 0.129 e. The Hall–Kier alpha value is -1.39. The van der Waals surface area contributed by atoms with E-state index in [9.17, 15) is 0 Å². The minimum absolute atomic E-state index is 0.336. The van der Waals surface area contributed by atoms with Crippen LogP contribution in [0.4, 0.5) is 5.82 Å². The van der Waals surface area contributed by atoms with Gasteiger partial charge in [0, 0.05) is 24.2 Å². The first kappa shape index (κ1) is 16.0. The van der Waals surface area contributed by atoms with E-state index in [4.69, 9.17) is 4.98 Å². The maximum absolute atomic E-state index is 4.85. The molecule has 1 N–H and O–H groups in total. The van der Waals surface area contributed by atoms with E-state index in [-0.39, 0.29) is 0 Å². The van der Waals surface area contributed by atoms with Crippen molar-refractivity contribution in [1.82, 2.24) is 10.3 Å². The van der Waals surface area contributed by atoms with Crippen LogP contribution >= 0.6 is 11.3 Å². The fraction of sp³-hybridized carbons (Fsp3) is 0.471. The average molecular weight is 303 g/mol. The molecule has 3 nitrogen and oxygen atoms in total. The van der Waals surface area contributed by atoms with Crippen molar-refractivity contribution in [3.8, 4) is 0 Å². The van der Waals surface area contributed by atoms with Gasteiger partial charge in [-0.05, 0) is 49.0 Å². The Bertz CT molecular complexity index is 563. The van der Waals surface area contributed by atoms with Crippen molar-refractivity contribution in [2.45, 2.75) is 39.3 Å². The maximum atomic E-state index is 4.85. The van der Waals surface area contributed by atoms with E-state index in [1.165, 1.54) is 10.4 Å². The predicted octanol–water partition coefficient (Wildman–Crippen LogP) is 4.18. The van der Waals surface area contributed by atoms with E-state index in [0.29, 0.717) is 12.0 Å². The zero-order valence-electron chi connectivity index (χ0n) is 13.6. The summed E-state index contributed by atoms with van der Waals surface area (Å²) in [4.78, 5) is 8.47. The number of anilines is 1. The molecular formula is C17H25N3S. The Balaban J connectivity index is 2.32. The van der Waals surface area contributed by atoms with Crippen molar-refractivity contribution < 1.29 is 0 Å². The molecule has 0 fully saturated rings. The predicted molar refractivity (Wildman–Crippen MR) is 92.2 cm³/mol. The lowest BCUT2D eigenvalue weighted by atomic mass is 10.1. The largest absolute Gasteiger partial charge is 0.352 e. The molecule has 2 rings (SSSR count). The summed E-state index contributed by atoms with van der Waals surface area (Å²) >= 11 is 1.80. The second kappa shape index (κ2) is 7.05. The van der Waals surface area contributed by atoms with Gasteiger partial charge in [0.1, 0.15) is 5.82 Å². The van der Waals surface area contributed by atoms with Gasteiger partial charge in [0.15, 0.2) is 0 Å². The van der Waals surface area contributed by atoms with Crippen molar-refractivity contribution >= 4 is 17.2 Å². The molecule has 0 aromatic carbocycles. The lowest BCUT2D eigenvalue weighted by Gasteiger charge is -2.26. The number of thiophene rings is 1. The molecule has 0 aliphatic carbocycles. The van der Waals surface area contributed by atoms with Crippen LogP contribution in [0.15, 0.2) is 29.6 Å². The SMILES string of the molecule is CNCc1cc(C(C)C)nc(N(C)C(C)c2cccs2)c1. The van der Waals surface area contributed by atoms with Crippen LogP contribution in [-0.4, -0.2) is 19.1 Å². The van der Waals surface area contributed by atoms with Gasteiger partial charge in [-0.25, -0.2) is 4.98 Å². The number of aromatic nitrogens is 1. The summed E-state index contributed by atoms with van der Waals surface area (Å²) in [5, 5.41) is 5.36. The number of hydrogen-bond acceptors (Lipinski definition) is 4. The second-order valence-electron chi connectivity index (χ2n) is 5.75. The fourth-order valence-electron chi connectivity index (χ4n) is 2.30. The van der Waals surface area contributed by atoms with E-state index in [1.807, 2.05) is 7.05 Å². The van der Waals surface area contributed by atoms with E-state index in [2.05, 4.69) is 67.7 Å². The lowest BCUT2D eigenvalue weighted by Crippen LogP contribution is -2.23. The molecule has 0 aliphatic rings. The molecule has 0 aliphatic heterocycles. The topological polar surface area (TPSA) is 28.2 Å². The summed E-state index contributed by atoms with van der Waals surface area (Å²) in [6.07, 6.45) is 0. The highest BCUT2D eigenvalue weighted by Crippen LogP contribution is 2.28. The Morgan fingerprint density at radius 1 is 1.29 bits per heavy atom. The third-order valence-electron chi connectivity index (χ3n) is 3.76. The van der Waals surface area contributed by atoms with Crippen molar-refractivity contribution in [3.63, 3.8) is 0 Å². The van der Waals surface area contributed by atoms with E-state index < -0.39 is 0 Å². The molecule has 0 spiro atoms. The molecule has 0 bridgehead atoms. The molecule has 0 saturated carbocycles. The van der Waals surface area contributed by atoms with Gasteiger partial charge in [-0.1, -0.05) is 19.9 Å². The molecule has 2 heterocycles. The van der Waals surface area contributed by atoms with Gasteiger partial charge in [-0.3, -0.25) is 0 Å². The zero-order valence-corrected chi connectivity index (χ0v) is 14.4. The van der Waals surface area contributed by atoms with Crippen molar-refractivity contribution in [3.05, 3.63) is 45.8 Å². The molecule has 1 atom stereocenters. The molecule has 2 aromatic rings. The second-order valence-corrected chi connectivity index (χ2v) is 6.73. The van der Waals surface area contributed by atoms with Gasteiger partial charge in [0.05, 0.1) is 6.04 Å². The number of pyridine rings is 1. The number of nitrogens with one attached hydrogen (secondary N) is 1. The maximum Gasteiger partial charge on any atom is 0.129 e. The molecular weight excluding hydrogens is 278 g/mol. The van der Waals surface area contributed by atoms with E-state index in [1.54, 1.807) is 11.3 Å². The number of hydrogen-bond donors (Lipinski definition) is 1. The van der Waals surface area contributed by atoms with Crippen LogP contribution in [0.3, 0.4) is 0 Å². The standard InChI is InChI=1S/C17H25N3S/c1-12(2)15-9-14(11-18-4)10-17(19-15)20(5)13(3)16-7-6-8-21-16/h6-10,12-13,18H,11H2,1-5H3. The molecule has 4 heteroatoms. The quantitative estimate of drug-likeness (QED) is 0.867. The minimum Gasteiger partial charge on any atom is -0.352 e. The molecule has 0 saturated heterocycles. The third-order valence-corrected chi connectivity index (χ3v) is 4.80. The average Bonchev–Trinajstić information content (AvgIpc) is 2.99. The number of rotatable bonds is 6. The molecule has 1 unspecified atom stereocenters. The number of nitrogens with zero attached hydrogens (tertiary/aromatic N) is 2. The molecule has 114 valence electrons. The third kappa shape index (κ3) is 3.83. The van der Waals surface area contributed by atoms with Crippen molar-refractivity contribution in [2.24, 2.45) is 0 Å². The highest BCUT2D eigenvalue weighted by molar-refractivity contribution is 7.10. The first-order valence-electron chi connectivity index (χ1n) is 7.44. The molecule has 2 aromatic heterocycles. The fourth-order valence-corrected chi connectivity index (χ4v) is 3.12. The van der Waals surface area contributed by atoms with Crippen LogP contribution in [0.1, 0.15) is 48.9 Å². The Kier molecular flexibility index (Phi) is 5.37. The first-order chi connectivity index (χ1) is 10.0. The summed E-state index contributed by atoms with van der Waals surface area (Å²) in [5.41, 5.74) is 2.44. The summed E-state index contributed by atoms with van der Waals surface area (Å²) < 4.78 is 0. The lowest BCUT2D eigenvalue weighted by molar-refractivity contribution is 0.724. The van der Waals surface area contributed by atoms with Crippen molar-refractivity contribution in [1.29, 1.82) is 0 Å². The summed E-state index contributed by atoms with van der Waals surface area (Å²) in [6, 6.07) is 9.02. The Morgan fingerprint density at radius 3 is 2.62 bits per heavy atom. The van der Waals surface area contributed by atoms with Gasteiger partial charge in [0.25, 0.3) is 0 Å². The summed E-state index contributed by atoms with van der Waals surface area (Å²) in [7, 11) is 4.10. The molecule has 0 amide bonds. The summed E-state index contributed by atoms with van der Waals surface area (Å²) in [5.74, 6) is 1.48. The van der Waals surface area contributed by atoms with Gasteiger partial charge in [-0.2, -0.15) is 0 Å². The van der Waals surface area contributed by atoms with E-state index in [0.717, 1.165) is 18.1 Å². The normalized spacial score (nSPS) is 12.7. The van der Waals surface area contributed by atoms with Gasteiger partial charge in [0.2, 0.25) is 0 Å². The molecule has 0 radical (unpaired) electrons. The summed E-state index contributed by atoms with van der Waals surface area (Å²) in [6.45, 7) is 7.49. The van der Waals surface area contributed by atoms with Crippen LogP contribution in [-0.2, 0) is 6.54 Å². The van der Waals surface area contributed by atoms with Crippen molar-refractivity contribution in [2.75, 3.05) is 19.0 Å².